The number of H-pyrrole nitrogens is 2. The number of rotatable bonds is 6. The Morgan fingerprint density at radius 3 is 1.59 bits per heavy atom. The molecule has 0 unspecified atom stereocenters. The van der Waals surface area contributed by atoms with Crippen molar-refractivity contribution in [1.29, 1.82) is 0 Å². The van der Waals surface area contributed by atoms with Crippen LogP contribution < -0.4 is 5.30 Å². The molecule has 2 aliphatic heterocycles. The van der Waals surface area contributed by atoms with E-state index in [1.807, 2.05) is 65.8 Å². The summed E-state index contributed by atoms with van der Waals surface area (Å²) in [5.41, 5.74) is 14.1. The highest BCUT2D eigenvalue weighted by Crippen LogP contribution is 2.53. The van der Waals surface area contributed by atoms with Gasteiger partial charge in [-0.2, -0.15) is 0 Å². The topological polar surface area (TPSA) is 92.9 Å². The number of hydrogen-bond donors (Lipinski definition) is 2. The van der Waals surface area contributed by atoms with E-state index < -0.39 is 18.8 Å². The lowest BCUT2D eigenvalue weighted by Gasteiger charge is -2.32. The van der Waals surface area contributed by atoms with Crippen LogP contribution >= 0.6 is 7.60 Å². The fourth-order valence-electron chi connectivity index (χ4n) is 7.10. The molecule has 3 aromatic carbocycles. The molecule has 2 N–H and O–H groups in total. The minimum absolute atomic E-state index is 0.502. The molecule has 0 fully saturated rings. The van der Waals surface area contributed by atoms with Crippen molar-refractivity contribution >= 4 is 59.3 Å². The van der Waals surface area contributed by atoms with Gasteiger partial charge in [0, 0.05) is 33.2 Å². The Kier molecular flexibility index (Phi) is 9.45. The Morgan fingerprint density at radius 2 is 1.04 bits per heavy atom. The van der Waals surface area contributed by atoms with Gasteiger partial charge in [-0.05, 0) is 139 Å². The van der Waals surface area contributed by atoms with Gasteiger partial charge in [0.25, 0.3) is 0 Å². The van der Waals surface area contributed by atoms with Crippen molar-refractivity contribution in [2.24, 2.45) is 0 Å². The standard InChI is InChI=1S/C48H47N4O3P/c1-30-9-13-33(14-10-30)44-41-24-19-35(49-41)27-36-21-26-43(51-36)45(34-15-11-31(2)12-16-34)46-40(29-38(52-46)28-37-20-25-42(44)50-37)32-17-22-39(23-18-32)56(53,54-47(3,4)5)55-48(6,7)8/h9-29,49,52H,1-8H3. The van der Waals surface area contributed by atoms with Crippen LogP contribution in [0.4, 0.5) is 0 Å². The predicted octanol–water partition coefficient (Wildman–Crippen LogP) is 12.7. The highest BCUT2D eigenvalue weighted by molar-refractivity contribution is 7.62. The molecule has 0 atom stereocenters. The second-order valence-electron chi connectivity index (χ2n) is 16.6. The third-order valence-corrected chi connectivity index (χ3v) is 12.0. The summed E-state index contributed by atoms with van der Waals surface area (Å²) < 4.78 is 26.8. The largest absolute Gasteiger partial charge is 0.362 e. The maximum Gasteiger partial charge on any atom is 0.362 e. The minimum atomic E-state index is -3.69. The van der Waals surface area contributed by atoms with E-state index in [0.717, 1.165) is 78.2 Å². The number of aromatic amines is 2. The van der Waals surface area contributed by atoms with Crippen LogP contribution in [0.5, 0.6) is 0 Å². The van der Waals surface area contributed by atoms with E-state index in [1.165, 1.54) is 11.1 Å². The summed E-state index contributed by atoms with van der Waals surface area (Å²) in [5.74, 6) is 0. The lowest BCUT2D eigenvalue weighted by atomic mass is 9.98. The molecular weight excluding hydrogens is 712 g/mol. The fraction of sp³-hybridized carbons (Fsp3) is 0.208. The van der Waals surface area contributed by atoms with Gasteiger partial charge in [-0.15, -0.1) is 0 Å². The van der Waals surface area contributed by atoms with Gasteiger partial charge in [-0.3, -0.25) is 13.6 Å². The third-order valence-electron chi connectivity index (χ3n) is 9.47. The summed E-state index contributed by atoms with van der Waals surface area (Å²) in [6.07, 6.45) is 8.28. The van der Waals surface area contributed by atoms with Gasteiger partial charge in [-0.25, -0.2) is 9.97 Å². The van der Waals surface area contributed by atoms with Gasteiger partial charge in [-0.1, -0.05) is 71.8 Å². The quantitative estimate of drug-likeness (QED) is 0.165. The van der Waals surface area contributed by atoms with E-state index >= 15 is 0 Å². The number of benzene rings is 3. The lowest BCUT2D eigenvalue weighted by molar-refractivity contribution is 0.0548. The molecule has 8 bridgehead atoms. The molecule has 0 amide bonds. The second kappa shape index (κ2) is 14.2. The van der Waals surface area contributed by atoms with Crippen LogP contribution in [0.2, 0.25) is 0 Å². The summed E-state index contributed by atoms with van der Waals surface area (Å²) in [7, 11) is -3.69. The highest BCUT2D eigenvalue weighted by atomic mass is 31.2. The average Bonchev–Trinajstić information content (AvgIpc) is 3.95. The fourth-order valence-corrected chi connectivity index (χ4v) is 9.31. The van der Waals surface area contributed by atoms with Crippen LogP contribution in [0.15, 0.2) is 103 Å². The first-order valence-electron chi connectivity index (χ1n) is 19.0. The molecule has 0 spiro atoms. The van der Waals surface area contributed by atoms with Crippen LogP contribution in [-0.2, 0) is 13.6 Å². The third kappa shape index (κ3) is 7.89. The summed E-state index contributed by atoms with van der Waals surface area (Å²) in [6, 6.07) is 35.3. The maximum atomic E-state index is 14.4. The van der Waals surface area contributed by atoms with Crippen molar-refractivity contribution in [3.05, 3.63) is 137 Å². The molecular formula is C48H47N4O3P. The highest BCUT2D eigenvalue weighted by Gasteiger charge is 2.37. The minimum Gasteiger partial charge on any atom is -0.355 e. The van der Waals surface area contributed by atoms with Gasteiger partial charge in [0.2, 0.25) is 0 Å². The second-order valence-corrected chi connectivity index (χ2v) is 18.5. The monoisotopic (exact) mass is 758 g/mol. The molecule has 8 rings (SSSR count). The zero-order chi connectivity index (χ0) is 39.4. The molecule has 56 heavy (non-hydrogen) atoms. The summed E-state index contributed by atoms with van der Waals surface area (Å²) in [4.78, 5) is 17.8. The molecule has 6 aromatic rings. The Bertz CT molecular complexity index is 2720. The van der Waals surface area contributed by atoms with Crippen LogP contribution in [0, 0.1) is 13.8 Å². The Labute approximate surface area is 328 Å². The first-order valence-corrected chi connectivity index (χ1v) is 20.5. The first kappa shape index (κ1) is 37.3. The zero-order valence-corrected chi connectivity index (χ0v) is 34.1. The maximum absolute atomic E-state index is 14.4. The summed E-state index contributed by atoms with van der Waals surface area (Å²) in [5, 5.41) is 0.502. The molecule has 0 saturated heterocycles. The average molecular weight is 759 g/mol. The predicted molar refractivity (Wildman–Crippen MR) is 234 cm³/mol. The Morgan fingerprint density at radius 1 is 0.536 bits per heavy atom. The van der Waals surface area contributed by atoms with Gasteiger partial charge >= 0.3 is 7.60 Å². The van der Waals surface area contributed by atoms with E-state index in [9.17, 15) is 4.57 Å². The Hall–Kier alpha value is -5.59. The summed E-state index contributed by atoms with van der Waals surface area (Å²) in [6.45, 7) is 15.5. The molecule has 2 aliphatic rings. The van der Waals surface area contributed by atoms with Crippen LogP contribution in [0.1, 0.15) is 75.4 Å². The van der Waals surface area contributed by atoms with Crippen molar-refractivity contribution in [1.82, 2.24) is 19.9 Å². The number of nitrogens with one attached hydrogen (secondary N) is 2. The molecule has 3 aromatic heterocycles. The van der Waals surface area contributed by atoms with E-state index in [2.05, 4.69) is 127 Å². The normalized spacial score (nSPS) is 13.1. The van der Waals surface area contributed by atoms with Gasteiger partial charge in [0.05, 0.1) is 44.8 Å². The van der Waals surface area contributed by atoms with E-state index in [1.54, 1.807) is 0 Å². The van der Waals surface area contributed by atoms with Crippen molar-refractivity contribution in [2.75, 3.05) is 0 Å². The smallest absolute Gasteiger partial charge is 0.355 e. The zero-order valence-electron chi connectivity index (χ0n) is 33.2. The molecule has 0 saturated carbocycles. The number of fused-ring (bicyclic) bond motifs is 8. The van der Waals surface area contributed by atoms with Crippen molar-refractivity contribution in [3.63, 3.8) is 0 Å². The molecule has 7 nitrogen and oxygen atoms in total. The van der Waals surface area contributed by atoms with E-state index in [0.29, 0.717) is 5.30 Å². The first-order chi connectivity index (χ1) is 26.6. The number of hydrogen-bond acceptors (Lipinski definition) is 5. The lowest BCUT2D eigenvalue weighted by Crippen LogP contribution is -2.27. The Balaban J connectivity index is 1.40. The number of nitrogens with zero attached hydrogens (tertiary/aromatic N) is 2. The van der Waals surface area contributed by atoms with Gasteiger partial charge in [0.15, 0.2) is 0 Å². The summed E-state index contributed by atoms with van der Waals surface area (Å²) >= 11 is 0. The van der Waals surface area contributed by atoms with Crippen molar-refractivity contribution < 1.29 is 13.6 Å². The number of aromatic nitrogens is 4. The van der Waals surface area contributed by atoms with Crippen LogP contribution in [0.25, 0.3) is 79.8 Å². The van der Waals surface area contributed by atoms with Crippen molar-refractivity contribution in [2.45, 2.75) is 66.6 Å². The van der Waals surface area contributed by atoms with Crippen LogP contribution in [0.3, 0.4) is 0 Å². The van der Waals surface area contributed by atoms with Gasteiger partial charge in [0.1, 0.15) is 0 Å². The van der Waals surface area contributed by atoms with Gasteiger partial charge < -0.3 is 9.97 Å². The molecule has 282 valence electrons. The molecule has 0 aliphatic carbocycles. The SMILES string of the molecule is Cc1ccc(-c2c3nc(cc4cc(-c5ccc(P(=O)(OC(C)(C)C)OC(C)(C)C)cc5)c([nH]4)c(-c4ccc(C)cc4)c4nc(cc5ccc2[nH]5)C=C4)C=C3)cc1. The molecule has 8 heteroatoms. The van der Waals surface area contributed by atoms with E-state index in [4.69, 9.17) is 19.0 Å². The molecule has 5 heterocycles. The van der Waals surface area contributed by atoms with Crippen LogP contribution in [-0.4, -0.2) is 31.1 Å². The van der Waals surface area contributed by atoms with E-state index in [-0.39, 0.29) is 0 Å². The van der Waals surface area contributed by atoms with Crippen molar-refractivity contribution in [3.8, 4) is 33.4 Å². The number of aryl methyl sites for hydroxylation is 2. The molecule has 0 radical (unpaired) electrons.